The van der Waals surface area contributed by atoms with Gasteiger partial charge in [0.1, 0.15) is 0 Å². The van der Waals surface area contributed by atoms with Crippen molar-refractivity contribution in [2.75, 3.05) is 0 Å². The highest BCUT2D eigenvalue weighted by Gasteiger charge is 2.11. The fourth-order valence-electron chi connectivity index (χ4n) is 1.95. The minimum absolute atomic E-state index is 0.133. The van der Waals surface area contributed by atoms with E-state index < -0.39 is 0 Å². The second-order valence-electron chi connectivity index (χ2n) is 4.30. The quantitative estimate of drug-likeness (QED) is 0.566. The van der Waals surface area contributed by atoms with Crippen LogP contribution in [0.3, 0.4) is 0 Å². The Hall–Kier alpha value is -2.38. The number of fused-ring (bicyclic) bond motifs is 1. The van der Waals surface area contributed by atoms with Crippen molar-refractivity contribution in [2.24, 2.45) is 0 Å². The molecule has 0 amide bonds. The number of rotatable bonds is 2. The zero-order valence-electron chi connectivity index (χ0n) is 10.6. The average Bonchev–Trinajstić information content (AvgIpc) is 3.21. The molecule has 0 aliphatic heterocycles. The number of thiophene rings is 1. The van der Waals surface area contributed by atoms with Crippen molar-refractivity contribution in [3.05, 3.63) is 61.8 Å². The third-order valence-electron chi connectivity index (χ3n) is 2.92. The molecule has 7 heteroatoms. The molecule has 102 valence electrons. The molecule has 0 spiro atoms. The lowest BCUT2D eigenvalue weighted by Crippen LogP contribution is -2.23. The van der Waals surface area contributed by atoms with E-state index in [1.807, 2.05) is 35.7 Å². The lowest BCUT2D eigenvalue weighted by molar-refractivity contribution is 0.936. The van der Waals surface area contributed by atoms with Gasteiger partial charge in [-0.1, -0.05) is 17.4 Å². The molecule has 5 nitrogen and oxygen atoms in total. The van der Waals surface area contributed by atoms with Crippen LogP contribution in [0.5, 0.6) is 0 Å². The van der Waals surface area contributed by atoms with E-state index in [1.54, 1.807) is 23.7 Å². The number of thiazole rings is 1. The predicted octanol–water partition coefficient (Wildman–Crippen LogP) is 1.82. The smallest absolute Gasteiger partial charge is 0.266 e. The van der Waals surface area contributed by atoms with Crippen LogP contribution in [0, 0.1) is 0 Å². The Labute approximate surface area is 126 Å². The van der Waals surface area contributed by atoms with Crippen molar-refractivity contribution in [1.29, 1.82) is 0 Å². The van der Waals surface area contributed by atoms with Crippen LogP contribution in [0.15, 0.2) is 46.8 Å². The summed E-state index contributed by atoms with van der Waals surface area (Å²) in [6.07, 6.45) is 5.25. The number of pyridine rings is 1. The normalized spacial score (nSPS) is 12.3. The first kappa shape index (κ1) is 12.4. The lowest BCUT2D eigenvalue weighted by atomic mass is 10.3. The Morgan fingerprint density at radius 3 is 2.90 bits per heavy atom. The van der Waals surface area contributed by atoms with Gasteiger partial charge in [0, 0.05) is 22.8 Å². The first-order valence-corrected chi connectivity index (χ1v) is 7.86. The summed E-state index contributed by atoms with van der Waals surface area (Å²) in [5.41, 5.74) is 0.669. The number of hydrogen-bond donors (Lipinski definition) is 0. The molecule has 4 aromatic heterocycles. The predicted molar refractivity (Wildman–Crippen MR) is 83.5 cm³/mol. The van der Waals surface area contributed by atoms with Gasteiger partial charge in [0.2, 0.25) is 4.96 Å². The molecular weight excluding hydrogens is 304 g/mol. The van der Waals surface area contributed by atoms with Crippen molar-refractivity contribution in [2.45, 2.75) is 0 Å². The third-order valence-corrected chi connectivity index (χ3v) is 4.70. The van der Waals surface area contributed by atoms with E-state index in [9.17, 15) is 4.79 Å². The maximum atomic E-state index is 12.3. The molecule has 0 fully saturated rings. The van der Waals surface area contributed by atoms with Crippen LogP contribution in [-0.2, 0) is 0 Å². The molecule has 0 aliphatic carbocycles. The zero-order valence-corrected chi connectivity index (χ0v) is 12.3. The van der Waals surface area contributed by atoms with Gasteiger partial charge in [-0.15, -0.1) is 16.4 Å². The van der Waals surface area contributed by atoms with Crippen molar-refractivity contribution in [3.63, 3.8) is 0 Å². The molecule has 4 aromatic rings. The van der Waals surface area contributed by atoms with E-state index in [2.05, 4.69) is 15.1 Å². The molecule has 0 atom stereocenters. The van der Waals surface area contributed by atoms with E-state index in [4.69, 9.17) is 0 Å². The van der Waals surface area contributed by atoms with Gasteiger partial charge < -0.3 is 0 Å². The molecule has 0 radical (unpaired) electrons. The molecule has 0 saturated heterocycles. The standard InChI is InChI=1S/C14H8N4OS2/c19-13-11(7-10-4-2-6-20-10)21-14-16-12(17-18(13)14)9-3-1-5-15-8-9/h1-8H. The van der Waals surface area contributed by atoms with Crippen LogP contribution in [0.2, 0.25) is 0 Å². The summed E-state index contributed by atoms with van der Waals surface area (Å²) in [6.45, 7) is 0. The Kier molecular flexibility index (Phi) is 2.87. The van der Waals surface area contributed by atoms with Crippen LogP contribution in [0.25, 0.3) is 22.4 Å². The summed E-state index contributed by atoms with van der Waals surface area (Å²) in [5, 5.41) is 6.26. The minimum Gasteiger partial charge on any atom is -0.266 e. The molecule has 0 saturated carbocycles. The second kappa shape index (κ2) is 4.87. The molecule has 4 heterocycles. The Morgan fingerprint density at radius 1 is 1.24 bits per heavy atom. The van der Waals surface area contributed by atoms with Gasteiger partial charge in [0.05, 0.1) is 4.53 Å². The van der Waals surface area contributed by atoms with Crippen LogP contribution >= 0.6 is 22.7 Å². The SMILES string of the molecule is O=c1c(=Cc2cccs2)sc2nc(-c3cccnc3)nn12. The average molecular weight is 312 g/mol. The molecule has 0 aliphatic rings. The first-order chi connectivity index (χ1) is 10.3. The second-order valence-corrected chi connectivity index (χ2v) is 6.29. The van der Waals surface area contributed by atoms with Gasteiger partial charge in [-0.05, 0) is 29.7 Å². The van der Waals surface area contributed by atoms with Crippen LogP contribution in [0.1, 0.15) is 4.88 Å². The fourth-order valence-corrected chi connectivity index (χ4v) is 3.58. The highest BCUT2D eigenvalue weighted by atomic mass is 32.1. The summed E-state index contributed by atoms with van der Waals surface area (Å²) < 4.78 is 2.00. The van der Waals surface area contributed by atoms with Gasteiger partial charge in [-0.3, -0.25) is 9.78 Å². The Morgan fingerprint density at radius 2 is 2.19 bits per heavy atom. The monoisotopic (exact) mass is 312 g/mol. The largest absolute Gasteiger partial charge is 0.291 e. The molecule has 0 unspecified atom stereocenters. The summed E-state index contributed by atoms with van der Waals surface area (Å²) in [5.74, 6) is 0.522. The van der Waals surface area contributed by atoms with E-state index in [0.717, 1.165) is 10.4 Å². The van der Waals surface area contributed by atoms with Gasteiger partial charge in [0.15, 0.2) is 5.82 Å². The number of aromatic nitrogens is 4. The summed E-state index contributed by atoms with van der Waals surface area (Å²) in [4.78, 5) is 22.4. The molecule has 0 aromatic carbocycles. The van der Waals surface area contributed by atoms with Crippen LogP contribution in [0.4, 0.5) is 0 Å². The van der Waals surface area contributed by atoms with Crippen molar-refractivity contribution in [1.82, 2.24) is 19.6 Å². The number of nitrogens with zero attached hydrogens (tertiary/aromatic N) is 4. The number of hydrogen-bond acceptors (Lipinski definition) is 6. The summed E-state index contributed by atoms with van der Waals surface area (Å²) in [6, 6.07) is 7.62. The maximum absolute atomic E-state index is 12.3. The molecule has 0 bridgehead atoms. The minimum atomic E-state index is -0.133. The first-order valence-electron chi connectivity index (χ1n) is 6.16. The Bertz CT molecular complexity index is 1000. The summed E-state index contributed by atoms with van der Waals surface area (Å²) >= 11 is 2.94. The maximum Gasteiger partial charge on any atom is 0.291 e. The highest BCUT2D eigenvalue weighted by Crippen LogP contribution is 2.15. The molecule has 0 N–H and O–H groups in total. The van der Waals surface area contributed by atoms with E-state index in [1.165, 1.54) is 15.9 Å². The molecular formula is C14H8N4OS2. The van der Waals surface area contributed by atoms with E-state index >= 15 is 0 Å². The van der Waals surface area contributed by atoms with Gasteiger partial charge in [-0.25, -0.2) is 0 Å². The van der Waals surface area contributed by atoms with Crippen molar-refractivity contribution < 1.29 is 0 Å². The molecule has 4 rings (SSSR count). The van der Waals surface area contributed by atoms with Gasteiger partial charge in [-0.2, -0.15) is 9.50 Å². The molecule has 21 heavy (non-hydrogen) atoms. The lowest BCUT2D eigenvalue weighted by Gasteiger charge is -1.90. The topological polar surface area (TPSA) is 60.2 Å². The third kappa shape index (κ3) is 2.16. The Balaban J connectivity index is 1.87. The van der Waals surface area contributed by atoms with Crippen LogP contribution in [-0.4, -0.2) is 19.6 Å². The van der Waals surface area contributed by atoms with Gasteiger partial charge in [0.25, 0.3) is 5.56 Å². The van der Waals surface area contributed by atoms with E-state index in [0.29, 0.717) is 15.3 Å². The van der Waals surface area contributed by atoms with E-state index in [-0.39, 0.29) is 5.56 Å². The summed E-state index contributed by atoms with van der Waals surface area (Å²) in [7, 11) is 0. The van der Waals surface area contributed by atoms with Crippen molar-refractivity contribution in [3.8, 4) is 11.4 Å². The fraction of sp³-hybridized carbons (Fsp3) is 0. The van der Waals surface area contributed by atoms with Crippen LogP contribution < -0.4 is 10.1 Å². The van der Waals surface area contributed by atoms with Gasteiger partial charge >= 0.3 is 0 Å². The highest BCUT2D eigenvalue weighted by molar-refractivity contribution is 7.15. The van der Waals surface area contributed by atoms with Crippen molar-refractivity contribution >= 4 is 33.7 Å². The zero-order chi connectivity index (χ0) is 14.2.